The van der Waals surface area contributed by atoms with Gasteiger partial charge in [-0.05, 0) is 18.9 Å². The molecule has 0 aromatic heterocycles. The van der Waals surface area contributed by atoms with Crippen molar-refractivity contribution in [3.63, 3.8) is 0 Å². The number of fused-ring (bicyclic) bond motifs is 1. The van der Waals surface area contributed by atoms with Gasteiger partial charge in [-0.2, -0.15) is 0 Å². The molecule has 2 amide bonds. The van der Waals surface area contributed by atoms with Crippen LogP contribution in [-0.4, -0.2) is 64.5 Å². The lowest BCUT2D eigenvalue weighted by Gasteiger charge is -2.31. The minimum absolute atomic E-state index is 0.00380. The summed E-state index contributed by atoms with van der Waals surface area (Å²) in [6, 6.07) is 2.44. The summed E-state index contributed by atoms with van der Waals surface area (Å²) in [7, 11) is -2.27. The average molecular weight is 417 g/mol. The van der Waals surface area contributed by atoms with Gasteiger partial charge in [0.25, 0.3) is 5.91 Å². The molecule has 9 nitrogen and oxygen atoms in total. The Kier molecular flexibility index (Phi) is 5.89. The van der Waals surface area contributed by atoms with E-state index >= 15 is 0 Å². The first-order valence-corrected chi connectivity index (χ1v) is 10.4. The predicted molar refractivity (Wildman–Crippen MR) is 99.4 cm³/mol. The van der Waals surface area contributed by atoms with Crippen molar-refractivity contribution in [3.8, 4) is 5.75 Å². The maximum Gasteiger partial charge on any atom is 0.262 e. The van der Waals surface area contributed by atoms with E-state index in [1.54, 1.807) is 7.05 Å². The van der Waals surface area contributed by atoms with Crippen LogP contribution in [0.5, 0.6) is 5.75 Å². The van der Waals surface area contributed by atoms with E-state index in [9.17, 15) is 18.0 Å². The Bertz CT molecular complexity index is 853. The van der Waals surface area contributed by atoms with Gasteiger partial charge in [-0.15, -0.1) is 0 Å². The van der Waals surface area contributed by atoms with E-state index in [0.717, 1.165) is 0 Å². The molecule has 0 bridgehead atoms. The third-order valence-electron chi connectivity index (χ3n) is 4.51. The van der Waals surface area contributed by atoms with Gasteiger partial charge in [0.05, 0.1) is 17.3 Å². The van der Waals surface area contributed by atoms with Crippen LogP contribution in [0.25, 0.3) is 0 Å². The van der Waals surface area contributed by atoms with Crippen LogP contribution in [0.1, 0.15) is 12.8 Å². The van der Waals surface area contributed by atoms with Crippen molar-refractivity contribution in [1.82, 2.24) is 14.9 Å². The zero-order valence-electron chi connectivity index (χ0n) is 14.7. The number of nitrogens with zero attached hydrogens (tertiary/aromatic N) is 1. The minimum atomic E-state index is -3.86. The van der Waals surface area contributed by atoms with Crippen molar-refractivity contribution >= 4 is 39.1 Å². The molecule has 1 aromatic carbocycles. The van der Waals surface area contributed by atoms with Crippen LogP contribution >= 0.6 is 11.6 Å². The normalized spacial score (nSPS) is 18.4. The molecule has 2 heterocycles. The van der Waals surface area contributed by atoms with Crippen molar-refractivity contribution in [2.24, 2.45) is 0 Å². The van der Waals surface area contributed by atoms with Crippen LogP contribution in [0.2, 0.25) is 5.02 Å². The summed E-state index contributed by atoms with van der Waals surface area (Å²) < 4.78 is 33.5. The summed E-state index contributed by atoms with van der Waals surface area (Å²) in [5, 5.41) is 5.16. The summed E-state index contributed by atoms with van der Waals surface area (Å²) in [5.41, 5.74) is 0.345. The van der Waals surface area contributed by atoms with Gasteiger partial charge in [-0.3, -0.25) is 14.5 Å². The van der Waals surface area contributed by atoms with Gasteiger partial charge in [0.2, 0.25) is 15.9 Å². The zero-order chi connectivity index (χ0) is 19.6. The van der Waals surface area contributed by atoms with E-state index in [4.69, 9.17) is 16.3 Å². The molecule has 0 aliphatic carbocycles. The first kappa shape index (κ1) is 19.9. The van der Waals surface area contributed by atoms with E-state index in [2.05, 4.69) is 15.4 Å². The predicted octanol–water partition coefficient (Wildman–Crippen LogP) is 0.160. The van der Waals surface area contributed by atoms with Crippen LogP contribution in [-0.2, 0) is 19.6 Å². The van der Waals surface area contributed by atoms with E-state index in [-0.39, 0.29) is 40.1 Å². The number of sulfonamides is 1. The summed E-state index contributed by atoms with van der Waals surface area (Å²) in [4.78, 5) is 24.7. The monoisotopic (exact) mass is 416 g/mol. The van der Waals surface area contributed by atoms with Gasteiger partial charge in [0.1, 0.15) is 10.6 Å². The number of piperidine rings is 1. The molecule has 2 aliphatic rings. The number of ether oxygens (including phenoxy) is 1. The number of rotatable bonds is 5. The second-order valence-corrected chi connectivity index (χ2v) is 8.55. The number of anilines is 1. The molecule has 148 valence electrons. The molecular weight excluding hydrogens is 396 g/mol. The van der Waals surface area contributed by atoms with Gasteiger partial charge >= 0.3 is 0 Å². The lowest BCUT2D eigenvalue weighted by atomic mass is 10.1. The zero-order valence-corrected chi connectivity index (χ0v) is 16.3. The third kappa shape index (κ3) is 4.70. The number of likely N-dealkylation sites (N-methyl/N-ethyl adjacent to an activating group) is 1. The van der Waals surface area contributed by atoms with Crippen LogP contribution in [0.4, 0.5) is 5.69 Å². The second-order valence-electron chi connectivity index (χ2n) is 6.46. The maximum absolute atomic E-state index is 12.8. The molecule has 0 saturated carbocycles. The first-order valence-electron chi connectivity index (χ1n) is 8.50. The largest absolute Gasteiger partial charge is 0.482 e. The Balaban J connectivity index is 1.67. The molecule has 3 rings (SSSR count). The van der Waals surface area contributed by atoms with Crippen LogP contribution < -0.4 is 20.1 Å². The van der Waals surface area contributed by atoms with Gasteiger partial charge in [-0.25, -0.2) is 13.1 Å². The minimum Gasteiger partial charge on any atom is -0.482 e. The molecular formula is C16H21ClN4O5S. The number of likely N-dealkylation sites (tertiary alicyclic amines) is 1. The highest BCUT2D eigenvalue weighted by atomic mass is 35.5. The summed E-state index contributed by atoms with van der Waals surface area (Å²) in [6.07, 6.45) is 1.18. The standard InChI is InChI=1S/C16H21ClN4O5S/c1-18-15(22)8-21-4-2-10(3-5-21)20-27(24,25)14-7-13-12(6-11(14)17)19-16(23)9-26-13/h6-7,10,20H,2-5,8-9H2,1H3,(H,18,22)(H,19,23). The van der Waals surface area contributed by atoms with Crippen molar-refractivity contribution in [2.75, 3.05) is 38.6 Å². The number of benzene rings is 1. The molecule has 0 atom stereocenters. The Labute approximate surface area is 162 Å². The molecule has 1 saturated heterocycles. The van der Waals surface area contributed by atoms with Crippen molar-refractivity contribution in [1.29, 1.82) is 0 Å². The van der Waals surface area contributed by atoms with Crippen LogP contribution in [0, 0.1) is 0 Å². The van der Waals surface area contributed by atoms with E-state index in [1.165, 1.54) is 12.1 Å². The summed E-state index contributed by atoms with van der Waals surface area (Å²) in [6.45, 7) is 1.36. The van der Waals surface area contributed by atoms with Gasteiger partial charge in [0, 0.05) is 32.2 Å². The number of halogens is 1. The Hall–Kier alpha value is -1.88. The molecule has 1 fully saturated rings. The molecule has 11 heteroatoms. The number of carbonyl (C=O) groups is 2. The van der Waals surface area contributed by atoms with E-state index in [0.29, 0.717) is 38.2 Å². The van der Waals surface area contributed by atoms with Crippen LogP contribution in [0.3, 0.4) is 0 Å². The summed E-state index contributed by atoms with van der Waals surface area (Å²) in [5.74, 6) is -0.127. The highest BCUT2D eigenvalue weighted by Gasteiger charge is 2.28. The first-order chi connectivity index (χ1) is 12.8. The fourth-order valence-corrected chi connectivity index (χ4v) is 4.91. The molecule has 3 N–H and O–H groups in total. The van der Waals surface area contributed by atoms with Crippen molar-refractivity contribution in [2.45, 2.75) is 23.8 Å². The molecule has 1 aromatic rings. The van der Waals surface area contributed by atoms with Gasteiger partial charge in [0.15, 0.2) is 6.61 Å². The molecule has 27 heavy (non-hydrogen) atoms. The van der Waals surface area contributed by atoms with Crippen LogP contribution in [0.15, 0.2) is 17.0 Å². The van der Waals surface area contributed by atoms with Gasteiger partial charge < -0.3 is 15.4 Å². The number of amides is 2. The third-order valence-corrected chi connectivity index (χ3v) is 6.50. The quantitative estimate of drug-likeness (QED) is 0.629. The molecule has 2 aliphatic heterocycles. The topological polar surface area (TPSA) is 117 Å². The SMILES string of the molecule is CNC(=O)CN1CCC(NS(=O)(=O)c2cc3c(cc2Cl)NC(=O)CO3)CC1. The average Bonchev–Trinajstić information content (AvgIpc) is 2.62. The Morgan fingerprint density at radius 1 is 1.37 bits per heavy atom. The highest BCUT2D eigenvalue weighted by molar-refractivity contribution is 7.89. The number of nitrogens with one attached hydrogen (secondary N) is 3. The van der Waals surface area contributed by atoms with Crippen molar-refractivity contribution in [3.05, 3.63) is 17.2 Å². The highest BCUT2D eigenvalue weighted by Crippen LogP contribution is 2.35. The molecule has 0 unspecified atom stereocenters. The Morgan fingerprint density at radius 3 is 2.74 bits per heavy atom. The number of carbonyl (C=O) groups excluding carboxylic acids is 2. The van der Waals surface area contributed by atoms with E-state index in [1.807, 2.05) is 4.90 Å². The lowest BCUT2D eigenvalue weighted by Crippen LogP contribution is -2.47. The fourth-order valence-electron chi connectivity index (χ4n) is 3.06. The van der Waals surface area contributed by atoms with E-state index < -0.39 is 10.0 Å². The lowest BCUT2D eigenvalue weighted by molar-refractivity contribution is -0.122. The Morgan fingerprint density at radius 2 is 2.07 bits per heavy atom. The smallest absolute Gasteiger partial charge is 0.262 e. The summed E-state index contributed by atoms with van der Waals surface area (Å²) >= 11 is 6.13. The van der Waals surface area contributed by atoms with Crippen molar-refractivity contribution < 1.29 is 22.7 Å². The fraction of sp³-hybridized carbons (Fsp3) is 0.500. The number of hydrogen-bond donors (Lipinski definition) is 3. The molecule has 0 radical (unpaired) electrons. The van der Waals surface area contributed by atoms with Gasteiger partial charge in [-0.1, -0.05) is 11.6 Å². The number of hydrogen-bond acceptors (Lipinski definition) is 6. The second kappa shape index (κ2) is 8.01. The molecule has 0 spiro atoms. The maximum atomic E-state index is 12.8.